The number of nitrogens with zero attached hydrogens (tertiary/aromatic N) is 2. The first kappa shape index (κ1) is 17.0. The van der Waals surface area contributed by atoms with Crippen molar-refractivity contribution >= 4 is 28.2 Å². The highest BCUT2D eigenvalue weighted by molar-refractivity contribution is 5.99. The predicted octanol–water partition coefficient (Wildman–Crippen LogP) is 4.16. The van der Waals surface area contributed by atoms with Gasteiger partial charge in [-0.3, -0.25) is 10.1 Å². The summed E-state index contributed by atoms with van der Waals surface area (Å²) in [5.41, 5.74) is 1.78. The number of ether oxygens (including phenoxy) is 2. The van der Waals surface area contributed by atoms with Crippen molar-refractivity contribution in [2.24, 2.45) is 0 Å². The van der Waals surface area contributed by atoms with E-state index in [-0.39, 0.29) is 22.6 Å². The second-order valence-electron chi connectivity index (χ2n) is 5.44. The van der Waals surface area contributed by atoms with E-state index in [1.807, 2.05) is 24.3 Å². The number of fused-ring (bicyclic) bond motifs is 1. The summed E-state index contributed by atoms with van der Waals surface area (Å²) in [4.78, 5) is 14.1. The number of hydrogen-bond donors (Lipinski definition) is 1. The van der Waals surface area contributed by atoms with Crippen molar-refractivity contribution in [3.63, 3.8) is 0 Å². The van der Waals surface area contributed by atoms with E-state index >= 15 is 0 Å². The van der Waals surface area contributed by atoms with Crippen LogP contribution < -0.4 is 9.47 Å². The Balaban J connectivity index is 2.22. The number of allylic oxidation sites excluding steroid dienone is 1. The van der Waals surface area contributed by atoms with Gasteiger partial charge in [-0.2, -0.15) is 5.26 Å². The first-order valence-corrected chi connectivity index (χ1v) is 7.67. The van der Waals surface area contributed by atoms with Gasteiger partial charge in [-0.1, -0.05) is 18.2 Å². The van der Waals surface area contributed by atoms with Crippen LogP contribution in [0.3, 0.4) is 0 Å². The van der Waals surface area contributed by atoms with E-state index in [0.29, 0.717) is 5.75 Å². The van der Waals surface area contributed by atoms with Crippen LogP contribution in [0, 0.1) is 21.4 Å². The maximum atomic E-state index is 11.5. The van der Waals surface area contributed by atoms with Crippen LogP contribution in [0.25, 0.3) is 22.6 Å². The van der Waals surface area contributed by atoms with Crippen molar-refractivity contribution in [2.75, 3.05) is 14.2 Å². The standard InChI is InChI=1S/C19H15N3O4/c1-25-18-8-15(17(22(23)24)9-19(18)26-2)12(10-20)7-13-11-21-16-6-4-3-5-14(13)16/h3-9,11,21H,1-2H3/b12-7-. The Hall–Kier alpha value is -3.79. The molecule has 0 saturated carbocycles. The number of nitro benzene ring substituents is 1. The molecule has 3 rings (SSSR count). The van der Waals surface area contributed by atoms with E-state index in [9.17, 15) is 15.4 Å². The van der Waals surface area contributed by atoms with Gasteiger partial charge in [0.15, 0.2) is 11.5 Å². The molecule has 1 heterocycles. The number of hydrogen-bond acceptors (Lipinski definition) is 5. The highest BCUT2D eigenvalue weighted by Crippen LogP contribution is 2.38. The number of aromatic amines is 1. The number of nitrogens with one attached hydrogen (secondary N) is 1. The summed E-state index contributed by atoms with van der Waals surface area (Å²) in [6, 6.07) is 12.4. The van der Waals surface area contributed by atoms with Crippen molar-refractivity contribution in [2.45, 2.75) is 0 Å². The molecule has 1 aromatic heterocycles. The summed E-state index contributed by atoms with van der Waals surface area (Å²) in [7, 11) is 2.83. The van der Waals surface area contributed by atoms with E-state index in [0.717, 1.165) is 16.5 Å². The van der Waals surface area contributed by atoms with Crippen LogP contribution in [0.15, 0.2) is 42.6 Å². The van der Waals surface area contributed by atoms with Crippen molar-refractivity contribution in [1.82, 2.24) is 4.98 Å². The molecule has 0 spiro atoms. The van der Waals surface area contributed by atoms with E-state index in [2.05, 4.69) is 11.1 Å². The smallest absolute Gasteiger partial charge is 0.281 e. The quantitative estimate of drug-likeness (QED) is 0.423. The number of nitriles is 1. The molecule has 0 fully saturated rings. The molecule has 2 aromatic carbocycles. The lowest BCUT2D eigenvalue weighted by atomic mass is 10.0. The molecule has 0 aliphatic carbocycles. The summed E-state index contributed by atoms with van der Waals surface area (Å²) < 4.78 is 10.3. The largest absolute Gasteiger partial charge is 0.493 e. The number of benzene rings is 2. The van der Waals surface area contributed by atoms with Gasteiger partial charge >= 0.3 is 0 Å². The van der Waals surface area contributed by atoms with Crippen LogP contribution in [-0.2, 0) is 0 Å². The van der Waals surface area contributed by atoms with Gasteiger partial charge < -0.3 is 14.5 Å². The molecule has 0 aliphatic rings. The molecule has 7 nitrogen and oxygen atoms in total. The van der Waals surface area contributed by atoms with Gasteiger partial charge in [-0.05, 0) is 18.2 Å². The minimum atomic E-state index is -0.544. The predicted molar refractivity (Wildman–Crippen MR) is 98.0 cm³/mol. The van der Waals surface area contributed by atoms with E-state index in [1.54, 1.807) is 12.3 Å². The van der Waals surface area contributed by atoms with Gasteiger partial charge in [0.25, 0.3) is 5.69 Å². The number of para-hydroxylation sites is 1. The lowest BCUT2D eigenvalue weighted by Crippen LogP contribution is -1.98. The summed E-state index contributed by atoms with van der Waals surface area (Å²) >= 11 is 0. The van der Waals surface area contributed by atoms with Gasteiger partial charge in [0, 0.05) is 22.7 Å². The fourth-order valence-electron chi connectivity index (χ4n) is 2.77. The SMILES string of the molecule is COc1cc(/C(C#N)=C\c2c[nH]c3ccccc23)c([N+](=O)[O-])cc1OC. The lowest BCUT2D eigenvalue weighted by Gasteiger charge is -2.10. The first-order valence-electron chi connectivity index (χ1n) is 7.67. The van der Waals surface area contributed by atoms with Crippen molar-refractivity contribution in [3.05, 3.63) is 63.8 Å². The first-order chi connectivity index (χ1) is 12.6. The maximum absolute atomic E-state index is 11.5. The van der Waals surface area contributed by atoms with Gasteiger partial charge in [0.1, 0.15) is 6.07 Å². The Morgan fingerprint density at radius 1 is 1.23 bits per heavy atom. The topological polar surface area (TPSA) is 101 Å². The van der Waals surface area contributed by atoms with Crippen molar-refractivity contribution in [3.8, 4) is 17.6 Å². The molecule has 3 aromatic rings. The molecule has 0 unspecified atom stereocenters. The molecule has 0 radical (unpaired) electrons. The molecule has 0 saturated heterocycles. The third kappa shape index (κ3) is 2.96. The van der Waals surface area contributed by atoms with Crippen LogP contribution in [0.1, 0.15) is 11.1 Å². The minimum absolute atomic E-state index is 0.155. The zero-order valence-electron chi connectivity index (χ0n) is 14.1. The van der Waals surface area contributed by atoms with Crippen LogP contribution in [0.2, 0.25) is 0 Å². The maximum Gasteiger partial charge on any atom is 0.281 e. The van der Waals surface area contributed by atoms with Gasteiger partial charge in [-0.15, -0.1) is 0 Å². The van der Waals surface area contributed by atoms with E-state index in [4.69, 9.17) is 9.47 Å². The fraction of sp³-hybridized carbons (Fsp3) is 0.105. The third-order valence-electron chi connectivity index (χ3n) is 4.03. The Kier molecular flexibility index (Phi) is 4.58. The van der Waals surface area contributed by atoms with Gasteiger partial charge in [0.2, 0.25) is 0 Å². The number of nitro groups is 1. The lowest BCUT2D eigenvalue weighted by molar-refractivity contribution is -0.385. The minimum Gasteiger partial charge on any atom is -0.493 e. The molecule has 0 amide bonds. The highest BCUT2D eigenvalue weighted by Gasteiger charge is 2.22. The van der Waals surface area contributed by atoms with E-state index < -0.39 is 4.92 Å². The van der Waals surface area contributed by atoms with E-state index in [1.165, 1.54) is 26.4 Å². The summed E-state index contributed by atoms with van der Waals surface area (Å²) in [5.74, 6) is 0.542. The Labute approximate surface area is 149 Å². The number of rotatable bonds is 5. The fourth-order valence-corrected chi connectivity index (χ4v) is 2.77. The average molecular weight is 349 g/mol. The van der Waals surface area contributed by atoms with Crippen LogP contribution in [0.4, 0.5) is 5.69 Å². The molecule has 1 N–H and O–H groups in total. The zero-order valence-corrected chi connectivity index (χ0v) is 14.1. The van der Waals surface area contributed by atoms with Gasteiger partial charge in [-0.25, -0.2) is 0 Å². The van der Waals surface area contributed by atoms with Crippen molar-refractivity contribution < 1.29 is 14.4 Å². The highest BCUT2D eigenvalue weighted by atomic mass is 16.6. The number of methoxy groups -OCH3 is 2. The van der Waals surface area contributed by atoms with Crippen LogP contribution in [-0.4, -0.2) is 24.1 Å². The molecule has 130 valence electrons. The number of aromatic nitrogens is 1. The Bertz CT molecular complexity index is 1060. The second-order valence-corrected chi connectivity index (χ2v) is 5.44. The molecule has 0 bridgehead atoms. The Morgan fingerprint density at radius 3 is 2.58 bits per heavy atom. The molecular weight excluding hydrogens is 334 g/mol. The molecule has 0 atom stereocenters. The number of H-pyrrole nitrogens is 1. The van der Waals surface area contributed by atoms with Crippen molar-refractivity contribution in [1.29, 1.82) is 5.26 Å². The molecule has 26 heavy (non-hydrogen) atoms. The summed E-state index contributed by atoms with van der Waals surface area (Å²) in [5, 5.41) is 22.0. The second kappa shape index (κ2) is 6.99. The summed E-state index contributed by atoms with van der Waals surface area (Å²) in [6.45, 7) is 0. The molecule has 0 aliphatic heterocycles. The molecular formula is C19H15N3O4. The zero-order chi connectivity index (χ0) is 18.7. The average Bonchev–Trinajstić information content (AvgIpc) is 3.07. The van der Waals surface area contributed by atoms with Gasteiger partial charge in [0.05, 0.1) is 36.3 Å². The van der Waals surface area contributed by atoms with Crippen LogP contribution >= 0.6 is 0 Å². The molecule has 7 heteroatoms. The third-order valence-corrected chi connectivity index (χ3v) is 4.03. The normalized spacial score (nSPS) is 11.2. The van der Waals surface area contributed by atoms with Crippen LogP contribution in [0.5, 0.6) is 11.5 Å². The monoisotopic (exact) mass is 349 g/mol. The summed E-state index contributed by atoms with van der Waals surface area (Å²) in [6.07, 6.45) is 3.38. The Morgan fingerprint density at radius 2 is 1.92 bits per heavy atom.